The zero-order chi connectivity index (χ0) is 11.6. The monoisotopic (exact) mass is 244 g/mol. The van der Waals surface area contributed by atoms with Gasteiger partial charge in [-0.2, -0.15) is 0 Å². The zero-order valence-corrected chi connectivity index (χ0v) is 9.43. The molecule has 0 unspecified atom stereocenters. The Balaban J connectivity index is 2.18. The van der Waals surface area contributed by atoms with E-state index in [1.165, 1.54) is 18.2 Å². The summed E-state index contributed by atoms with van der Waals surface area (Å²) in [6, 6.07) is 4.90. The van der Waals surface area contributed by atoms with Crippen LogP contribution < -0.4 is 10.0 Å². The van der Waals surface area contributed by atoms with E-state index in [0.29, 0.717) is 6.54 Å². The van der Waals surface area contributed by atoms with Crippen molar-refractivity contribution in [2.75, 3.05) is 13.1 Å². The van der Waals surface area contributed by atoms with Crippen LogP contribution in [0.4, 0.5) is 4.39 Å². The lowest BCUT2D eigenvalue weighted by Gasteiger charge is -2.11. The van der Waals surface area contributed by atoms with E-state index in [2.05, 4.69) is 10.0 Å². The molecule has 1 atom stereocenters. The first-order chi connectivity index (χ1) is 7.58. The highest BCUT2D eigenvalue weighted by Crippen LogP contribution is 2.12. The molecule has 1 fully saturated rings. The van der Waals surface area contributed by atoms with Gasteiger partial charge in [-0.05, 0) is 31.2 Å². The number of sulfonamides is 1. The lowest BCUT2D eigenvalue weighted by molar-refractivity contribution is 0.557. The highest BCUT2D eigenvalue weighted by atomic mass is 32.2. The number of nitrogens with one attached hydrogen (secondary N) is 2. The summed E-state index contributed by atoms with van der Waals surface area (Å²) in [5.74, 6) is -0.549. The molecule has 0 saturated carbocycles. The third kappa shape index (κ3) is 2.58. The second kappa shape index (κ2) is 4.48. The Hall–Kier alpha value is -0.980. The van der Waals surface area contributed by atoms with Crippen LogP contribution in [0.1, 0.15) is 6.42 Å². The van der Waals surface area contributed by atoms with Crippen LogP contribution in [0.15, 0.2) is 29.2 Å². The summed E-state index contributed by atoms with van der Waals surface area (Å²) in [6.45, 7) is 1.42. The molecular weight excluding hydrogens is 231 g/mol. The van der Waals surface area contributed by atoms with Crippen molar-refractivity contribution >= 4 is 10.0 Å². The van der Waals surface area contributed by atoms with E-state index in [4.69, 9.17) is 0 Å². The molecule has 0 amide bonds. The third-order valence-corrected chi connectivity index (χ3v) is 4.01. The Morgan fingerprint density at radius 2 is 2.25 bits per heavy atom. The molecule has 1 heterocycles. The molecule has 0 radical (unpaired) electrons. The van der Waals surface area contributed by atoms with Gasteiger partial charge in [-0.3, -0.25) is 0 Å². The number of hydrogen-bond acceptors (Lipinski definition) is 3. The van der Waals surface area contributed by atoms with Gasteiger partial charge in [0.15, 0.2) is 0 Å². The van der Waals surface area contributed by atoms with Crippen LogP contribution in [-0.2, 0) is 10.0 Å². The number of halogens is 1. The molecule has 2 rings (SSSR count). The van der Waals surface area contributed by atoms with Gasteiger partial charge >= 0.3 is 0 Å². The average Bonchev–Trinajstić information content (AvgIpc) is 2.70. The molecule has 1 aromatic carbocycles. The van der Waals surface area contributed by atoms with Gasteiger partial charge in [0.25, 0.3) is 0 Å². The van der Waals surface area contributed by atoms with Crippen molar-refractivity contribution < 1.29 is 12.8 Å². The van der Waals surface area contributed by atoms with Gasteiger partial charge in [-0.1, -0.05) is 6.07 Å². The van der Waals surface area contributed by atoms with Crippen molar-refractivity contribution in [1.82, 2.24) is 10.0 Å². The number of hydrogen-bond donors (Lipinski definition) is 2. The van der Waals surface area contributed by atoms with E-state index in [9.17, 15) is 12.8 Å². The van der Waals surface area contributed by atoms with Gasteiger partial charge in [-0.15, -0.1) is 0 Å². The van der Waals surface area contributed by atoms with E-state index >= 15 is 0 Å². The van der Waals surface area contributed by atoms with Crippen LogP contribution in [0.2, 0.25) is 0 Å². The Morgan fingerprint density at radius 3 is 2.88 bits per heavy atom. The lowest BCUT2D eigenvalue weighted by Crippen LogP contribution is -2.36. The van der Waals surface area contributed by atoms with Crippen molar-refractivity contribution in [3.8, 4) is 0 Å². The van der Waals surface area contributed by atoms with Gasteiger partial charge in [0, 0.05) is 12.6 Å². The van der Waals surface area contributed by atoms with Gasteiger partial charge < -0.3 is 5.32 Å². The smallest absolute Gasteiger partial charge is 0.240 e. The summed E-state index contributed by atoms with van der Waals surface area (Å²) in [5, 5.41) is 3.06. The maximum Gasteiger partial charge on any atom is 0.240 e. The summed E-state index contributed by atoms with van der Waals surface area (Å²) >= 11 is 0. The van der Waals surface area contributed by atoms with Crippen LogP contribution in [0.3, 0.4) is 0 Å². The van der Waals surface area contributed by atoms with Crippen LogP contribution in [0.25, 0.3) is 0 Å². The van der Waals surface area contributed by atoms with Crippen molar-refractivity contribution in [2.24, 2.45) is 0 Å². The third-order valence-electron chi connectivity index (χ3n) is 2.49. The summed E-state index contributed by atoms with van der Waals surface area (Å²) < 4.78 is 39.1. The first-order valence-electron chi connectivity index (χ1n) is 5.06. The molecule has 4 nitrogen and oxygen atoms in total. The van der Waals surface area contributed by atoms with Crippen molar-refractivity contribution in [3.05, 3.63) is 30.1 Å². The normalized spacial score (nSPS) is 21.2. The van der Waals surface area contributed by atoms with E-state index in [-0.39, 0.29) is 10.9 Å². The average molecular weight is 244 g/mol. The molecule has 6 heteroatoms. The van der Waals surface area contributed by atoms with Gasteiger partial charge in [0.2, 0.25) is 10.0 Å². The topological polar surface area (TPSA) is 58.2 Å². The molecule has 0 aromatic heterocycles. The molecule has 1 saturated heterocycles. The Kier molecular flexibility index (Phi) is 3.22. The molecular formula is C10H13FN2O2S. The molecule has 0 spiro atoms. The van der Waals surface area contributed by atoms with Gasteiger partial charge in [0.05, 0.1) is 4.90 Å². The second-order valence-electron chi connectivity index (χ2n) is 3.77. The van der Waals surface area contributed by atoms with Crippen LogP contribution in [0.5, 0.6) is 0 Å². The minimum Gasteiger partial charge on any atom is -0.315 e. The SMILES string of the molecule is O=S(=O)(N[C@H]1CCNC1)c1cccc(F)c1. The summed E-state index contributed by atoms with van der Waals surface area (Å²) in [4.78, 5) is -0.0283. The molecule has 1 aliphatic rings. The molecule has 0 aliphatic carbocycles. The summed E-state index contributed by atoms with van der Waals surface area (Å²) in [7, 11) is -3.60. The molecule has 1 aliphatic heterocycles. The maximum absolute atomic E-state index is 12.9. The minimum absolute atomic E-state index is 0.0283. The first-order valence-corrected chi connectivity index (χ1v) is 6.55. The fourth-order valence-corrected chi connectivity index (χ4v) is 2.98. The van der Waals surface area contributed by atoms with Crippen LogP contribution in [0, 0.1) is 5.82 Å². The lowest BCUT2D eigenvalue weighted by atomic mass is 10.3. The van der Waals surface area contributed by atoms with Crippen LogP contribution in [-0.4, -0.2) is 27.5 Å². The predicted octanol–water partition coefficient (Wildman–Crippen LogP) is 0.466. The minimum atomic E-state index is -3.60. The number of benzene rings is 1. The molecule has 16 heavy (non-hydrogen) atoms. The fraction of sp³-hybridized carbons (Fsp3) is 0.400. The van der Waals surface area contributed by atoms with E-state index in [0.717, 1.165) is 19.0 Å². The second-order valence-corrected chi connectivity index (χ2v) is 5.48. The van der Waals surface area contributed by atoms with E-state index in [1.807, 2.05) is 0 Å². The molecule has 0 bridgehead atoms. The van der Waals surface area contributed by atoms with Crippen LogP contribution >= 0.6 is 0 Å². The summed E-state index contributed by atoms with van der Waals surface area (Å²) in [5.41, 5.74) is 0. The highest BCUT2D eigenvalue weighted by molar-refractivity contribution is 7.89. The Bertz CT molecular complexity index is 469. The van der Waals surface area contributed by atoms with Gasteiger partial charge in [-0.25, -0.2) is 17.5 Å². The fourth-order valence-electron chi connectivity index (χ4n) is 1.68. The number of rotatable bonds is 3. The summed E-state index contributed by atoms with van der Waals surface area (Å²) in [6.07, 6.45) is 0.758. The molecule has 1 aromatic rings. The largest absolute Gasteiger partial charge is 0.315 e. The Morgan fingerprint density at radius 1 is 1.44 bits per heavy atom. The quantitative estimate of drug-likeness (QED) is 0.812. The van der Waals surface area contributed by atoms with E-state index < -0.39 is 15.8 Å². The highest BCUT2D eigenvalue weighted by Gasteiger charge is 2.22. The maximum atomic E-state index is 12.9. The van der Waals surface area contributed by atoms with Crippen molar-refractivity contribution in [1.29, 1.82) is 0 Å². The Labute approximate surface area is 93.9 Å². The van der Waals surface area contributed by atoms with Crippen molar-refractivity contribution in [3.63, 3.8) is 0 Å². The zero-order valence-electron chi connectivity index (χ0n) is 8.61. The van der Waals surface area contributed by atoms with E-state index in [1.54, 1.807) is 0 Å². The van der Waals surface area contributed by atoms with Gasteiger partial charge in [0.1, 0.15) is 5.82 Å². The van der Waals surface area contributed by atoms with Crippen molar-refractivity contribution in [2.45, 2.75) is 17.4 Å². The molecule has 88 valence electrons. The molecule has 2 N–H and O–H groups in total. The first kappa shape index (κ1) is 11.5. The predicted molar refractivity (Wildman–Crippen MR) is 58.0 cm³/mol. The standard InChI is InChI=1S/C10H13FN2O2S/c11-8-2-1-3-10(6-8)16(14,15)13-9-4-5-12-7-9/h1-3,6,9,12-13H,4-5,7H2/t9-/m0/s1.